The average Bonchev–Trinajstić information content (AvgIpc) is 0.722. The van der Waals surface area contributed by atoms with Gasteiger partial charge in [-0.05, 0) is 0 Å². The van der Waals surface area contributed by atoms with Gasteiger partial charge in [-0.25, -0.2) is 0 Å². The van der Waals surface area contributed by atoms with Crippen LogP contribution in [-0.4, -0.2) is 21.7 Å². The molecule has 42 valence electrons. The van der Waals surface area contributed by atoms with E-state index in [1.165, 1.54) is 0 Å². The van der Waals surface area contributed by atoms with Crippen molar-refractivity contribution in [3.05, 3.63) is 0 Å². The minimum atomic E-state index is -5.25. The van der Waals surface area contributed by atoms with Crippen molar-refractivity contribution >= 4 is 13.4 Å². The van der Waals surface area contributed by atoms with Gasteiger partial charge in [0.25, 0.3) is 0 Å². The molecule has 0 aromatic rings. The molecule has 0 aliphatic heterocycles. The van der Waals surface area contributed by atoms with Gasteiger partial charge in [-0.3, -0.25) is 0 Å². The van der Waals surface area contributed by atoms with Crippen molar-refractivity contribution in [1.29, 1.82) is 0 Å². The summed E-state index contributed by atoms with van der Waals surface area (Å²) in [5.74, 6) is 0. The van der Waals surface area contributed by atoms with E-state index in [1.807, 2.05) is 0 Å². The molecule has 6 heteroatoms. The Labute approximate surface area is 50.1 Å². The van der Waals surface area contributed by atoms with Crippen LogP contribution in [-0.2, 0) is 28.1 Å². The molecule has 0 spiro atoms. The fourth-order valence-corrected chi connectivity index (χ4v) is 0. The molecule has 0 rings (SSSR count). The Morgan fingerprint density at radius 2 is 1.17 bits per heavy atom. The maximum Gasteiger partial charge on any atom is 0 e. The molecule has 6 heavy (non-hydrogen) atoms. The van der Waals surface area contributed by atoms with Crippen molar-refractivity contribution in [2.75, 3.05) is 0 Å². The topological polar surface area (TPSA) is 74.6 Å². The molecule has 0 aliphatic rings. The smallest absolute Gasteiger partial charge is 0 e. The Kier molecular flexibility index (Phi) is 4.61. The third kappa shape index (κ3) is 131. The summed E-state index contributed by atoms with van der Waals surface area (Å²) in [5, 5.41) is 0. The van der Waals surface area contributed by atoms with Crippen LogP contribution in [0.2, 0.25) is 0 Å². The Morgan fingerprint density at radius 1 is 1.17 bits per heavy atom. The maximum atomic E-state index is 8.82. The number of hydrogen-bond acceptors (Lipinski definition) is 2. The standard InChI is InChI=1S/H2O4Se.Pd/c1-5(2,3)4;/h(H2,1,2,3,4);. The third-order valence-electron chi connectivity index (χ3n) is 0. The van der Waals surface area contributed by atoms with Crippen LogP contribution in [0.15, 0.2) is 0 Å². The first kappa shape index (κ1) is 9.86. The van der Waals surface area contributed by atoms with Crippen LogP contribution in [0.5, 0.6) is 0 Å². The Morgan fingerprint density at radius 3 is 1.17 bits per heavy atom. The molecule has 0 amide bonds. The monoisotopic (exact) mass is 252 g/mol. The molecule has 0 aromatic carbocycles. The van der Waals surface area contributed by atoms with Gasteiger partial charge in [-0.2, -0.15) is 0 Å². The van der Waals surface area contributed by atoms with Gasteiger partial charge in [0.15, 0.2) is 0 Å². The zero-order valence-corrected chi connectivity index (χ0v) is 5.70. The van der Waals surface area contributed by atoms with Gasteiger partial charge in [-0.1, -0.05) is 0 Å². The quantitative estimate of drug-likeness (QED) is 0.502. The molecule has 2 N–H and O–H groups in total. The van der Waals surface area contributed by atoms with Crippen molar-refractivity contribution in [2.24, 2.45) is 0 Å². The van der Waals surface area contributed by atoms with Crippen molar-refractivity contribution in [3.8, 4) is 0 Å². The summed E-state index contributed by atoms with van der Waals surface area (Å²) in [6.45, 7) is 0. The predicted octanol–water partition coefficient (Wildman–Crippen LogP) is -1.73. The first-order valence-corrected chi connectivity index (χ1v) is 3.63. The zero-order valence-electron chi connectivity index (χ0n) is 2.44. The first-order valence-electron chi connectivity index (χ1n) is 0.698. The minimum absolute atomic E-state index is 0. The van der Waals surface area contributed by atoms with E-state index in [9.17, 15) is 0 Å². The second kappa shape index (κ2) is 2.81. The van der Waals surface area contributed by atoms with Gasteiger partial charge in [0.1, 0.15) is 0 Å². The summed E-state index contributed by atoms with van der Waals surface area (Å²) in [6.07, 6.45) is 0. The Balaban J connectivity index is 0. The van der Waals surface area contributed by atoms with Gasteiger partial charge >= 0.3 is 29.4 Å². The van der Waals surface area contributed by atoms with E-state index in [-0.39, 0.29) is 20.4 Å². The summed E-state index contributed by atoms with van der Waals surface area (Å²) in [6, 6.07) is 0. The summed E-state index contributed by atoms with van der Waals surface area (Å²) in [4.78, 5) is 0. The molecule has 0 aliphatic carbocycles. The van der Waals surface area contributed by atoms with Gasteiger partial charge in [0.2, 0.25) is 0 Å². The van der Waals surface area contributed by atoms with Crippen LogP contribution in [0, 0.1) is 0 Å². The second-order valence-electron chi connectivity index (χ2n) is 0.448. The fourth-order valence-electron chi connectivity index (χ4n) is 0. The van der Waals surface area contributed by atoms with Crippen LogP contribution in [0.3, 0.4) is 0 Å². The summed E-state index contributed by atoms with van der Waals surface area (Å²) >= 11 is -5.25. The molecule has 0 fully saturated rings. The largest absolute Gasteiger partial charge is 0 e. The number of rotatable bonds is 0. The SMILES string of the molecule is O=[Se](=O)(O)O.[Pd]. The van der Waals surface area contributed by atoms with Crippen molar-refractivity contribution < 1.29 is 36.5 Å². The molecule has 0 heterocycles. The number of hydrogen-bond donors (Lipinski definition) is 2. The molecular formula is H2O4PdSe. The summed E-state index contributed by atoms with van der Waals surface area (Å²) < 4.78 is 31.9. The fraction of sp³-hybridized carbons (Fsp3) is 0. The van der Waals surface area contributed by atoms with E-state index >= 15 is 0 Å². The van der Waals surface area contributed by atoms with Crippen molar-refractivity contribution in [1.82, 2.24) is 0 Å². The van der Waals surface area contributed by atoms with E-state index in [1.54, 1.807) is 0 Å². The summed E-state index contributed by atoms with van der Waals surface area (Å²) in [7, 11) is 0. The molecular weight excluding hydrogens is 249 g/mol. The van der Waals surface area contributed by atoms with Crippen LogP contribution in [0.25, 0.3) is 0 Å². The van der Waals surface area contributed by atoms with Gasteiger partial charge in [0.05, 0.1) is 0 Å². The molecule has 0 saturated heterocycles. The van der Waals surface area contributed by atoms with E-state index in [4.69, 9.17) is 16.0 Å². The third-order valence-corrected chi connectivity index (χ3v) is 0. The van der Waals surface area contributed by atoms with Crippen LogP contribution >= 0.6 is 0 Å². The molecule has 0 unspecified atom stereocenters. The van der Waals surface area contributed by atoms with E-state index in [0.29, 0.717) is 0 Å². The minimum Gasteiger partial charge on any atom is 0 e. The normalized spacial score (nSPS) is 9.67. The van der Waals surface area contributed by atoms with Gasteiger partial charge in [0, 0.05) is 20.4 Å². The Bertz CT molecular complexity index is 90.7. The molecule has 0 atom stereocenters. The van der Waals surface area contributed by atoms with E-state index in [0.717, 1.165) is 0 Å². The molecule has 0 bridgehead atoms. The molecule has 0 radical (unpaired) electrons. The average molecular weight is 251 g/mol. The van der Waals surface area contributed by atoms with Crippen LogP contribution in [0.1, 0.15) is 0 Å². The molecule has 0 aromatic heterocycles. The molecule has 4 nitrogen and oxygen atoms in total. The Hall–Kier alpha value is 0.702. The second-order valence-corrected chi connectivity index (χ2v) is 2.33. The zero-order chi connectivity index (χ0) is 4.50. The van der Waals surface area contributed by atoms with Gasteiger partial charge in [-0.15, -0.1) is 0 Å². The van der Waals surface area contributed by atoms with Crippen molar-refractivity contribution in [3.63, 3.8) is 0 Å². The first-order chi connectivity index (χ1) is 2.00. The van der Waals surface area contributed by atoms with Crippen LogP contribution in [0.4, 0.5) is 0 Å². The van der Waals surface area contributed by atoms with E-state index in [2.05, 4.69) is 0 Å². The predicted molar refractivity (Wildman–Crippen MR) is 11.6 cm³/mol. The molecule has 0 saturated carbocycles. The van der Waals surface area contributed by atoms with E-state index < -0.39 is 13.4 Å². The van der Waals surface area contributed by atoms with Crippen LogP contribution < -0.4 is 0 Å². The van der Waals surface area contributed by atoms with Crippen molar-refractivity contribution in [2.45, 2.75) is 0 Å². The van der Waals surface area contributed by atoms with Gasteiger partial charge < -0.3 is 0 Å². The maximum absolute atomic E-state index is 8.82. The summed E-state index contributed by atoms with van der Waals surface area (Å²) in [5.41, 5.74) is 0.